The molecule has 10 heteroatoms. The van der Waals surface area contributed by atoms with Crippen LogP contribution in [0.4, 0.5) is 45.5 Å². The van der Waals surface area contributed by atoms with Gasteiger partial charge in [0.25, 0.3) is 5.91 Å². The van der Waals surface area contributed by atoms with Gasteiger partial charge in [0, 0.05) is 56.1 Å². The summed E-state index contributed by atoms with van der Waals surface area (Å²) >= 11 is 0. The summed E-state index contributed by atoms with van der Waals surface area (Å²) in [5, 5.41) is 0. The summed E-state index contributed by atoms with van der Waals surface area (Å²) in [4.78, 5) is 40.9. The van der Waals surface area contributed by atoms with E-state index in [2.05, 4.69) is 177 Å². The summed E-state index contributed by atoms with van der Waals surface area (Å²) < 4.78 is 0. The molecule has 0 radical (unpaired) electrons. The van der Waals surface area contributed by atoms with Crippen LogP contribution in [-0.4, -0.2) is 35.8 Å². The minimum Gasteiger partial charge on any atom is -0.280 e. The lowest BCUT2D eigenvalue weighted by atomic mass is 10.1. The average Bonchev–Trinajstić information content (AvgIpc) is 4.00. The van der Waals surface area contributed by atoms with Crippen LogP contribution in [0.3, 0.4) is 0 Å². The molecular formula is C67H46N10. The molecule has 364 valence electrons. The summed E-state index contributed by atoms with van der Waals surface area (Å²) in [6.07, 6.45) is 0. The van der Waals surface area contributed by atoms with Crippen LogP contribution in [0, 0.1) is 0 Å². The van der Waals surface area contributed by atoms with Gasteiger partial charge in [-0.1, -0.05) is 206 Å². The van der Waals surface area contributed by atoms with Gasteiger partial charge in [0.2, 0.25) is 0 Å². The number of hydrogen-bond donors (Lipinski definition) is 0. The van der Waals surface area contributed by atoms with Crippen LogP contribution >= 0.6 is 0 Å². The van der Waals surface area contributed by atoms with Crippen molar-refractivity contribution in [2.75, 3.05) is 19.6 Å². The maximum Gasteiger partial charge on any atom is 0.295 e. The maximum absolute atomic E-state index is 5.22. The number of nitrogens with zero attached hydrogens (tertiary/aromatic N) is 10. The molecule has 0 N–H and O–H groups in total. The van der Waals surface area contributed by atoms with Crippen molar-refractivity contribution in [1.29, 1.82) is 0 Å². The van der Waals surface area contributed by atoms with Gasteiger partial charge in [0.15, 0.2) is 34.9 Å². The molecular weight excluding hydrogens is 945 g/mol. The Morgan fingerprint density at radius 3 is 0.688 bits per heavy atom. The van der Waals surface area contributed by atoms with E-state index in [1.165, 1.54) is 0 Å². The topological polar surface area (TPSA) is 90.3 Å². The first-order valence-corrected chi connectivity index (χ1v) is 25.6. The average molecular weight is 991 g/mol. The Kier molecular flexibility index (Phi) is 11.1. The van der Waals surface area contributed by atoms with Crippen molar-refractivity contribution in [2.24, 2.45) is 0 Å². The lowest BCUT2D eigenvalue weighted by molar-refractivity contribution is 0.480. The Labute approximate surface area is 446 Å². The Bertz CT molecular complexity index is 3690. The standard InChI is InChI=1S/C67H46N10/c1-7-25-47(26-8-1)61-68-62(48-27-9-2-10-28-48)71-65(70-61)51-33-23-39-55(45-51)76-59-43-21-19-41-57(59)74(53-35-15-5-16-36-53)67(76)75(54-37-17-6-18-38-54)58-42-20-22-44-60(58)77(67)56-40-24-34-52(46-56)66-72-63(49-29-11-3-12-30-49)69-64(73-66)50-31-13-4-14-32-50/h1-46H. The molecule has 10 nitrogen and oxygen atoms in total. The molecule has 0 saturated heterocycles. The van der Waals surface area contributed by atoms with Crippen molar-refractivity contribution in [2.45, 2.75) is 5.91 Å². The fourth-order valence-electron chi connectivity index (χ4n) is 10.8. The molecule has 4 heterocycles. The number of rotatable bonds is 10. The van der Waals surface area contributed by atoms with E-state index in [-0.39, 0.29) is 0 Å². The normalized spacial score (nSPS) is 13.2. The third-order valence-corrected chi connectivity index (χ3v) is 14.1. The predicted octanol–water partition coefficient (Wildman–Crippen LogP) is 15.9. The smallest absolute Gasteiger partial charge is 0.280 e. The summed E-state index contributed by atoms with van der Waals surface area (Å²) in [6.45, 7) is 0. The minimum absolute atomic E-state index is 0.558. The second kappa shape index (κ2) is 19.0. The number of hydrogen-bond acceptors (Lipinski definition) is 10. The van der Waals surface area contributed by atoms with E-state index < -0.39 is 5.91 Å². The molecule has 0 aliphatic carbocycles. The van der Waals surface area contributed by atoms with Crippen LogP contribution in [-0.2, 0) is 0 Å². The minimum atomic E-state index is -1.24. The Balaban J connectivity index is 1.03. The fourth-order valence-corrected chi connectivity index (χ4v) is 10.8. The van der Waals surface area contributed by atoms with Gasteiger partial charge in [-0.3, -0.25) is 19.6 Å². The summed E-state index contributed by atoms with van der Waals surface area (Å²) in [5.41, 5.74) is 13.1. The fraction of sp³-hybridized carbons (Fsp3) is 0.0149. The van der Waals surface area contributed by atoms with Gasteiger partial charge in [-0.05, 0) is 72.8 Å². The summed E-state index contributed by atoms with van der Waals surface area (Å²) in [6, 6.07) is 96.4. The molecule has 0 fully saturated rings. The van der Waals surface area contributed by atoms with Crippen LogP contribution < -0.4 is 19.6 Å². The van der Waals surface area contributed by atoms with Crippen LogP contribution in [0.15, 0.2) is 279 Å². The largest absolute Gasteiger partial charge is 0.295 e. The van der Waals surface area contributed by atoms with E-state index in [4.69, 9.17) is 29.9 Å². The zero-order valence-electron chi connectivity index (χ0n) is 41.5. The van der Waals surface area contributed by atoms with E-state index >= 15 is 0 Å². The lowest BCUT2D eigenvalue weighted by Crippen LogP contribution is -2.70. The van der Waals surface area contributed by atoms with Gasteiger partial charge in [0.05, 0.1) is 22.7 Å². The van der Waals surface area contributed by atoms with Crippen molar-refractivity contribution < 1.29 is 0 Å². The Hall–Kier alpha value is -10.6. The first-order valence-electron chi connectivity index (χ1n) is 25.6. The van der Waals surface area contributed by atoms with Gasteiger partial charge >= 0.3 is 0 Å². The van der Waals surface area contributed by atoms with Crippen molar-refractivity contribution in [3.05, 3.63) is 279 Å². The highest BCUT2D eigenvalue weighted by Crippen LogP contribution is 2.64. The molecule has 1 spiro atoms. The monoisotopic (exact) mass is 990 g/mol. The summed E-state index contributed by atoms with van der Waals surface area (Å²) in [7, 11) is 0. The third kappa shape index (κ3) is 7.82. The number of aromatic nitrogens is 6. The number of para-hydroxylation sites is 6. The third-order valence-electron chi connectivity index (χ3n) is 14.1. The van der Waals surface area contributed by atoms with Crippen molar-refractivity contribution in [1.82, 2.24) is 29.9 Å². The first kappa shape index (κ1) is 45.1. The molecule has 2 aliphatic heterocycles. The molecule has 0 atom stereocenters. The zero-order chi connectivity index (χ0) is 51.1. The molecule has 0 unspecified atom stereocenters. The van der Waals surface area contributed by atoms with E-state index in [0.29, 0.717) is 34.9 Å². The molecule has 2 aromatic heterocycles. The second-order valence-corrected chi connectivity index (χ2v) is 18.8. The number of benzene rings is 10. The first-order chi connectivity index (χ1) is 38.2. The predicted molar refractivity (Wildman–Crippen MR) is 309 cm³/mol. The highest BCUT2D eigenvalue weighted by Gasteiger charge is 2.64. The highest BCUT2D eigenvalue weighted by molar-refractivity contribution is 6.02. The highest BCUT2D eigenvalue weighted by atomic mass is 15.8. The molecule has 2 aliphatic rings. The van der Waals surface area contributed by atoms with Gasteiger partial charge in [0.1, 0.15) is 0 Å². The Morgan fingerprint density at radius 1 is 0.195 bits per heavy atom. The van der Waals surface area contributed by atoms with Crippen molar-refractivity contribution >= 4 is 45.5 Å². The Morgan fingerprint density at radius 2 is 0.403 bits per heavy atom. The second-order valence-electron chi connectivity index (χ2n) is 18.8. The van der Waals surface area contributed by atoms with Crippen LogP contribution in [0.5, 0.6) is 0 Å². The maximum atomic E-state index is 5.22. The molecule has 10 aromatic carbocycles. The molecule has 0 bridgehead atoms. The van der Waals surface area contributed by atoms with Crippen molar-refractivity contribution in [3.8, 4) is 68.3 Å². The van der Waals surface area contributed by atoms with Crippen LogP contribution in [0.25, 0.3) is 68.3 Å². The van der Waals surface area contributed by atoms with Gasteiger partial charge in [-0.25, -0.2) is 29.9 Å². The van der Waals surface area contributed by atoms with E-state index in [0.717, 1.165) is 78.9 Å². The molecule has 14 rings (SSSR count). The lowest BCUT2D eigenvalue weighted by Gasteiger charge is -2.53. The zero-order valence-corrected chi connectivity index (χ0v) is 41.5. The van der Waals surface area contributed by atoms with Gasteiger partial charge in [-0.2, -0.15) is 0 Å². The number of fused-ring (bicyclic) bond motifs is 2. The quantitative estimate of drug-likeness (QED) is 0.132. The van der Waals surface area contributed by atoms with E-state index in [1.807, 2.05) is 121 Å². The number of anilines is 8. The molecule has 0 amide bonds. The summed E-state index contributed by atoms with van der Waals surface area (Å²) in [5.74, 6) is 2.25. The van der Waals surface area contributed by atoms with Crippen molar-refractivity contribution in [3.63, 3.8) is 0 Å². The molecule has 77 heavy (non-hydrogen) atoms. The molecule has 0 saturated carbocycles. The molecule has 12 aromatic rings. The van der Waals surface area contributed by atoms with Gasteiger partial charge in [-0.15, -0.1) is 0 Å². The SMILES string of the molecule is c1ccc(-c2nc(-c3ccccc3)nc(-c3cccc(N4c5ccccc5N(c5ccccc5)C45N(c4ccccc4)c4ccccc4N5c4cccc(-c5nc(-c6ccccc6)nc(-c6ccccc6)n5)c4)c3)n2)cc1. The van der Waals surface area contributed by atoms with E-state index in [1.54, 1.807) is 0 Å². The van der Waals surface area contributed by atoms with Crippen LogP contribution in [0.2, 0.25) is 0 Å². The van der Waals surface area contributed by atoms with Gasteiger partial charge < -0.3 is 0 Å². The van der Waals surface area contributed by atoms with Crippen LogP contribution in [0.1, 0.15) is 0 Å². The van der Waals surface area contributed by atoms with E-state index in [9.17, 15) is 0 Å².